The predicted octanol–water partition coefficient (Wildman–Crippen LogP) is 2.12. The zero-order chi connectivity index (χ0) is 11.5. The van der Waals surface area contributed by atoms with Crippen LogP contribution < -0.4 is 5.32 Å². The first-order valence-corrected chi connectivity index (χ1v) is 5.82. The van der Waals surface area contributed by atoms with Gasteiger partial charge in [-0.2, -0.15) is 9.36 Å². The molecule has 0 fully saturated rings. The van der Waals surface area contributed by atoms with Crippen molar-refractivity contribution in [2.75, 3.05) is 5.32 Å². The summed E-state index contributed by atoms with van der Waals surface area (Å²) in [4.78, 5) is 12.7. The quantitative estimate of drug-likeness (QED) is 0.882. The summed E-state index contributed by atoms with van der Waals surface area (Å²) in [6.07, 6.45) is 3.53. The van der Waals surface area contributed by atoms with E-state index >= 15 is 0 Å². The summed E-state index contributed by atoms with van der Waals surface area (Å²) in [6, 6.07) is 0.347. The zero-order valence-electron chi connectivity index (χ0n) is 9.43. The Morgan fingerprint density at radius 1 is 1.19 bits per heavy atom. The highest BCUT2D eigenvalue weighted by Crippen LogP contribution is 2.18. The van der Waals surface area contributed by atoms with Gasteiger partial charge in [-0.25, -0.2) is 9.97 Å². The van der Waals surface area contributed by atoms with Crippen LogP contribution in [0.1, 0.15) is 19.4 Å². The van der Waals surface area contributed by atoms with E-state index in [9.17, 15) is 0 Å². The van der Waals surface area contributed by atoms with Crippen molar-refractivity contribution in [3.8, 4) is 11.6 Å². The van der Waals surface area contributed by atoms with Gasteiger partial charge in [-0.15, -0.1) is 0 Å². The molecule has 0 saturated carbocycles. The second-order valence-corrected chi connectivity index (χ2v) is 4.56. The van der Waals surface area contributed by atoms with Crippen molar-refractivity contribution in [2.45, 2.75) is 26.8 Å². The number of aromatic nitrogens is 4. The SMILES string of the molecule is Cc1cnc(-c2nsc(NC(C)C)n2)nc1. The lowest BCUT2D eigenvalue weighted by molar-refractivity contribution is 0.896. The molecule has 0 radical (unpaired) electrons. The van der Waals surface area contributed by atoms with Crippen LogP contribution in [-0.4, -0.2) is 25.4 Å². The van der Waals surface area contributed by atoms with Crippen LogP contribution in [0.5, 0.6) is 0 Å². The van der Waals surface area contributed by atoms with Gasteiger partial charge in [0.2, 0.25) is 11.0 Å². The smallest absolute Gasteiger partial charge is 0.212 e. The summed E-state index contributed by atoms with van der Waals surface area (Å²) >= 11 is 1.32. The normalized spacial score (nSPS) is 10.8. The van der Waals surface area contributed by atoms with E-state index in [1.807, 2.05) is 6.92 Å². The fraction of sp³-hybridized carbons (Fsp3) is 0.400. The third-order valence-corrected chi connectivity index (χ3v) is 2.47. The van der Waals surface area contributed by atoms with Crippen LogP contribution in [0, 0.1) is 6.92 Å². The minimum absolute atomic E-state index is 0.347. The molecule has 0 aliphatic carbocycles. The molecule has 5 nitrogen and oxygen atoms in total. The predicted molar refractivity (Wildman–Crippen MR) is 64.4 cm³/mol. The molecular formula is C10H13N5S. The van der Waals surface area contributed by atoms with E-state index in [0.29, 0.717) is 17.7 Å². The van der Waals surface area contributed by atoms with E-state index in [-0.39, 0.29) is 0 Å². The molecule has 2 rings (SSSR count). The van der Waals surface area contributed by atoms with Crippen molar-refractivity contribution in [1.29, 1.82) is 0 Å². The van der Waals surface area contributed by atoms with E-state index < -0.39 is 0 Å². The molecule has 2 aromatic heterocycles. The fourth-order valence-corrected chi connectivity index (χ4v) is 1.84. The average molecular weight is 235 g/mol. The van der Waals surface area contributed by atoms with E-state index in [2.05, 4.69) is 38.5 Å². The first-order chi connectivity index (χ1) is 7.65. The highest BCUT2D eigenvalue weighted by atomic mass is 32.1. The Balaban J connectivity index is 2.21. The first kappa shape index (κ1) is 10.9. The highest BCUT2D eigenvalue weighted by molar-refractivity contribution is 7.09. The van der Waals surface area contributed by atoms with Gasteiger partial charge in [-0.3, -0.25) is 0 Å². The molecule has 0 unspecified atom stereocenters. The van der Waals surface area contributed by atoms with Gasteiger partial charge in [0.1, 0.15) is 0 Å². The third kappa shape index (κ3) is 2.52. The topological polar surface area (TPSA) is 63.6 Å². The molecule has 0 amide bonds. The van der Waals surface area contributed by atoms with Crippen molar-refractivity contribution >= 4 is 16.7 Å². The summed E-state index contributed by atoms with van der Waals surface area (Å²) in [5.74, 6) is 1.15. The van der Waals surface area contributed by atoms with Crippen LogP contribution >= 0.6 is 11.5 Å². The lowest BCUT2D eigenvalue weighted by atomic mass is 10.4. The van der Waals surface area contributed by atoms with Gasteiger partial charge in [0.15, 0.2) is 5.82 Å². The van der Waals surface area contributed by atoms with Gasteiger partial charge in [-0.05, 0) is 26.3 Å². The second kappa shape index (κ2) is 4.52. The summed E-state index contributed by atoms with van der Waals surface area (Å²) in [7, 11) is 0. The maximum Gasteiger partial charge on any atom is 0.212 e. The van der Waals surface area contributed by atoms with E-state index in [1.165, 1.54) is 11.5 Å². The molecule has 84 valence electrons. The Morgan fingerprint density at radius 2 is 1.88 bits per heavy atom. The molecule has 1 N–H and O–H groups in total. The minimum Gasteiger partial charge on any atom is -0.358 e. The van der Waals surface area contributed by atoms with Gasteiger partial charge in [0.05, 0.1) is 0 Å². The highest BCUT2D eigenvalue weighted by Gasteiger charge is 2.09. The number of aryl methyl sites for hydroxylation is 1. The summed E-state index contributed by atoms with van der Waals surface area (Å²) in [5, 5.41) is 4.00. The Bertz CT molecular complexity index is 462. The van der Waals surface area contributed by atoms with Crippen molar-refractivity contribution in [1.82, 2.24) is 19.3 Å². The van der Waals surface area contributed by atoms with E-state index in [0.717, 1.165) is 10.7 Å². The van der Waals surface area contributed by atoms with Crippen LogP contribution in [0.25, 0.3) is 11.6 Å². The number of rotatable bonds is 3. The molecule has 0 spiro atoms. The lowest BCUT2D eigenvalue weighted by Gasteiger charge is -2.03. The number of anilines is 1. The third-order valence-electron chi connectivity index (χ3n) is 1.82. The summed E-state index contributed by atoms with van der Waals surface area (Å²) in [5.41, 5.74) is 1.03. The molecule has 0 aliphatic rings. The first-order valence-electron chi connectivity index (χ1n) is 5.04. The molecule has 16 heavy (non-hydrogen) atoms. The second-order valence-electron chi connectivity index (χ2n) is 3.81. The van der Waals surface area contributed by atoms with Gasteiger partial charge in [0.25, 0.3) is 0 Å². The maximum absolute atomic E-state index is 4.32. The average Bonchev–Trinajstić information content (AvgIpc) is 2.66. The van der Waals surface area contributed by atoms with E-state index in [4.69, 9.17) is 0 Å². The minimum atomic E-state index is 0.347. The Hall–Kier alpha value is -1.56. The van der Waals surface area contributed by atoms with Crippen LogP contribution in [0.15, 0.2) is 12.4 Å². The number of hydrogen-bond acceptors (Lipinski definition) is 6. The molecule has 2 aromatic rings. The van der Waals surface area contributed by atoms with Crippen LogP contribution in [0.2, 0.25) is 0 Å². The molecule has 0 bridgehead atoms. The van der Waals surface area contributed by atoms with Gasteiger partial charge in [0, 0.05) is 30.0 Å². The van der Waals surface area contributed by atoms with Crippen LogP contribution in [-0.2, 0) is 0 Å². The fourth-order valence-electron chi connectivity index (χ4n) is 1.13. The maximum atomic E-state index is 4.32. The molecule has 0 aromatic carbocycles. The Morgan fingerprint density at radius 3 is 2.50 bits per heavy atom. The number of nitrogens with one attached hydrogen (secondary N) is 1. The summed E-state index contributed by atoms with van der Waals surface area (Å²) < 4.78 is 4.21. The zero-order valence-corrected chi connectivity index (χ0v) is 10.2. The molecule has 0 atom stereocenters. The number of nitrogens with zero attached hydrogens (tertiary/aromatic N) is 4. The van der Waals surface area contributed by atoms with Gasteiger partial charge >= 0.3 is 0 Å². The summed E-state index contributed by atoms with van der Waals surface area (Å²) in [6.45, 7) is 6.07. The molecule has 2 heterocycles. The lowest BCUT2D eigenvalue weighted by Crippen LogP contribution is -2.09. The monoisotopic (exact) mass is 235 g/mol. The molecule has 0 aliphatic heterocycles. The number of hydrogen-bond donors (Lipinski definition) is 1. The molecular weight excluding hydrogens is 222 g/mol. The van der Waals surface area contributed by atoms with Crippen molar-refractivity contribution in [2.24, 2.45) is 0 Å². The van der Waals surface area contributed by atoms with Crippen LogP contribution in [0.3, 0.4) is 0 Å². The van der Waals surface area contributed by atoms with Crippen molar-refractivity contribution < 1.29 is 0 Å². The van der Waals surface area contributed by atoms with E-state index in [1.54, 1.807) is 12.4 Å². The van der Waals surface area contributed by atoms with Crippen LogP contribution in [0.4, 0.5) is 5.13 Å². The Labute approximate surface area is 98.2 Å². The molecule has 6 heteroatoms. The van der Waals surface area contributed by atoms with Gasteiger partial charge in [-0.1, -0.05) is 0 Å². The largest absolute Gasteiger partial charge is 0.358 e. The Kier molecular flexibility index (Phi) is 3.09. The van der Waals surface area contributed by atoms with Crippen molar-refractivity contribution in [3.05, 3.63) is 18.0 Å². The van der Waals surface area contributed by atoms with Gasteiger partial charge < -0.3 is 5.32 Å². The molecule has 0 saturated heterocycles. The standard InChI is InChI=1S/C10H13N5S/c1-6(2)13-10-14-9(15-16-10)8-11-4-7(3)5-12-8/h4-6H,1-3H3,(H,13,14,15). The van der Waals surface area contributed by atoms with Crippen molar-refractivity contribution in [3.63, 3.8) is 0 Å².